The van der Waals surface area contributed by atoms with Gasteiger partial charge >= 0.3 is 0 Å². The molecule has 2 aliphatic rings. The van der Waals surface area contributed by atoms with Gasteiger partial charge in [0.15, 0.2) is 12.6 Å². The number of carbonyl (C=O) groups excluding carboxylic acids is 1. The van der Waals surface area contributed by atoms with Crippen LogP contribution in [0.25, 0.3) is 0 Å². The van der Waals surface area contributed by atoms with Gasteiger partial charge in [-0.05, 0) is 62.7 Å². The molecule has 458 valence electrons. The molecule has 13 heteroatoms. The van der Waals surface area contributed by atoms with Crippen molar-refractivity contribution in [1.82, 2.24) is 0 Å². The molecule has 9 aromatic rings. The van der Waals surface area contributed by atoms with Gasteiger partial charge < -0.3 is 52.1 Å². The quantitative estimate of drug-likeness (QED) is 0.0294. The lowest BCUT2D eigenvalue weighted by atomic mass is 9.93. The van der Waals surface area contributed by atoms with Gasteiger partial charge in [-0.1, -0.05) is 243 Å². The molecule has 0 aromatic heterocycles. The highest BCUT2D eigenvalue weighted by atomic mass is 32.2. The van der Waals surface area contributed by atoms with Crippen LogP contribution in [0.2, 0.25) is 0 Å². The van der Waals surface area contributed by atoms with E-state index in [1.54, 1.807) is 17.8 Å². The third-order valence-electron chi connectivity index (χ3n) is 15.6. The molecule has 11 rings (SSSR count). The summed E-state index contributed by atoms with van der Waals surface area (Å²) in [6.07, 6.45) is -7.32. The van der Waals surface area contributed by atoms with Gasteiger partial charge in [0.2, 0.25) is 0 Å². The molecule has 2 saturated heterocycles. The first kappa shape index (κ1) is 63.0. The molecule has 4 unspecified atom stereocenters. The summed E-state index contributed by atoms with van der Waals surface area (Å²) in [5.74, 6) is 0.893. The average molecular weight is 1210 g/mol. The molecule has 2 heterocycles. The number of thioether (sulfide) groups is 1. The van der Waals surface area contributed by atoms with Crippen LogP contribution in [0, 0.1) is 0 Å². The lowest BCUT2D eigenvalue weighted by Gasteiger charge is -2.50. The highest BCUT2D eigenvalue weighted by molar-refractivity contribution is 7.99. The van der Waals surface area contributed by atoms with E-state index in [2.05, 4.69) is 0 Å². The predicted molar refractivity (Wildman–Crippen MR) is 343 cm³/mol. The Kier molecular flexibility index (Phi) is 23.9. The van der Waals surface area contributed by atoms with Gasteiger partial charge in [-0.3, -0.25) is 4.79 Å². The highest BCUT2D eigenvalue weighted by Crippen LogP contribution is 2.39. The van der Waals surface area contributed by atoms with Gasteiger partial charge in [0, 0.05) is 10.6 Å². The summed E-state index contributed by atoms with van der Waals surface area (Å²) < 4.78 is 78.3. The van der Waals surface area contributed by atoms with Crippen molar-refractivity contribution in [3.63, 3.8) is 0 Å². The fraction of sp³-hybridized carbons (Fsp3) is 0.276. The Bertz CT molecular complexity index is 3430. The van der Waals surface area contributed by atoms with E-state index in [1.165, 1.54) is 0 Å². The largest absolute Gasteiger partial charge is 0.488 e. The maximum absolute atomic E-state index is 12.4. The lowest BCUT2D eigenvalue weighted by molar-refractivity contribution is -0.362. The molecule has 0 spiro atoms. The molecule has 0 N–H and O–H groups in total. The van der Waals surface area contributed by atoms with Crippen molar-refractivity contribution >= 4 is 18.0 Å². The van der Waals surface area contributed by atoms with E-state index >= 15 is 0 Å². The van der Waals surface area contributed by atoms with Crippen molar-refractivity contribution in [2.45, 2.75) is 119 Å². The van der Waals surface area contributed by atoms with Crippen LogP contribution >= 0.6 is 11.8 Å². The van der Waals surface area contributed by atoms with Crippen molar-refractivity contribution in [2.24, 2.45) is 0 Å². The van der Waals surface area contributed by atoms with Crippen molar-refractivity contribution in [2.75, 3.05) is 19.0 Å². The Hall–Kier alpha value is -7.60. The highest BCUT2D eigenvalue weighted by Gasteiger charge is 2.54. The SMILES string of the molecule is O=Cc1ccc(SC[C@@H]2OC(COCc3ccccc3)[C@@H](O[C@@H]3OC(COCc4ccccc4)[C@@H](OCc4ccccc4)[C@@H](OCc4ccccc4)C3OCc3ccccc3)[C@@H](OCc3ccccc3)C2OCc2ccccc2)cc1OCc1ccccc1. The summed E-state index contributed by atoms with van der Waals surface area (Å²) in [6, 6.07) is 86.1. The summed E-state index contributed by atoms with van der Waals surface area (Å²) in [7, 11) is 0. The fourth-order valence-corrected chi connectivity index (χ4v) is 11.9. The molecule has 12 nitrogen and oxygen atoms in total. The van der Waals surface area contributed by atoms with E-state index in [0.29, 0.717) is 36.9 Å². The maximum Gasteiger partial charge on any atom is 0.187 e. The first-order valence-corrected chi connectivity index (χ1v) is 31.4. The number of benzene rings is 9. The topological polar surface area (TPSA) is 119 Å². The number of rotatable bonds is 32. The standard InChI is InChI=1S/C76H76O12S/c77-44-64-41-42-65(43-66(64)80-47-58-29-13-3-14-30-58)89-55-69-71(82-49-60-33-17-5-18-34-60)73(83-50-61-35-19-6-20-36-61)72(68(86-69)54-79-46-57-27-11-2-12-28-57)88-76-75(85-52-63-39-23-8-24-40-63)74(84-51-62-37-21-7-22-38-62)70(81-48-59-31-15-4-16-32-59)67(87-76)53-78-45-56-25-9-1-10-26-56/h1-44,67-76H,45-55H2/t67?,68?,69-,70+,71?,72+,73-,74+,75?,76-/m0/s1. The third kappa shape index (κ3) is 18.7. The van der Waals surface area contributed by atoms with Crippen LogP contribution in [-0.2, 0) is 100 Å². The maximum atomic E-state index is 12.4. The molecule has 0 bridgehead atoms. The van der Waals surface area contributed by atoms with Crippen LogP contribution < -0.4 is 4.74 Å². The summed E-state index contributed by atoms with van der Waals surface area (Å²) in [5, 5.41) is 0. The normalized spacial score (nSPS) is 21.7. The number of ether oxygens (including phenoxy) is 11. The van der Waals surface area contributed by atoms with E-state index in [0.717, 1.165) is 55.7 Å². The van der Waals surface area contributed by atoms with E-state index in [9.17, 15) is 4.79 Å². The second-order valence-corrected chi connectivity index (χ2v) is 23.2. The Labute approximate surface area is 526 Å². The second-order valence-electron chi connectivity index (χ2n) is 22.1. The van der Waals surface area contributed by atoms with E-state index in [1.807, 2.05) is 255 Å². The minimum absolute atomic E-state index is 0.103. The summed E-state index contributed by atoms with van der Waals surface area (Å²) >= 11 is 1.57. The summed E-state index contributed by atoms with van der Waals surface area (Å²) in [4.78, 5) is 13.3. The van der Waals surface area contributed by atoms with Gasteiger partial charge in [0.1, 0.15) is 61.2 Å². The smallest absolute Gasteiger partial charge is 0.187 e. The minimum atomic E-state index is -1.14. The third-order valence-corrected chi connectivity index (χ3v) is 16.7. The monoisotopic (exact) mass is 1210 g/mol. The first-order valence-electron chi connectivity index (χ1n) is 30.4. The molecular weight excluding hydrogens is 1140 g/mol. The Balaban J connectivity index is 0.988. The van der Waals surface area contributed by atoms with E-state index in [4.69, 9.17) is 52.1 Å². The van der Waals surface area contributed by atoms with E-state index in [-0.39, 0.29) is 46.2 Å². The average Bonchev–Trinajstić information content (AvgIpc) is 2.49. The molecule has 0 radical (unpaired) electrons. The molecule has 0 amide bonds. The zero-order chi connectivity index (χ0) is 60.5. The van der Waals surface area contributed by atoms with Gasteiger partial charge in [0.05, 0.1) is 71.1 Å². The van der Waals surface area contributed by atoms with Crippen molar-refractivity contribution in [3.8, 4) is 5.75 Å². The molecule has 2 fully saturated rings. The van der Waals surface area contributed by atoms with Gasteiger partial charge in [-0.15, -0.1) is 11.8 Å². The number of carbonyl (C=O) groups is 1. The van der Waals surface area contributed by atoms with Gasteiger partial charge in [-0.25, -0.2) is 0 Å². The molecular formula is C76H76O12S. The molecule has 89 heavy (non-hydrogen) atoms. The van der Waals surface area contributed by atoms with E-state index < -0.39 is 61.2 Å². The molecule has 0 aliphatic carbocycles. The Morgan fingerprint density at radius 2 is 0.674 bits per heavy atom. The predicted octanol–water partition coefficient (Wildman–Crippen LogP) is 14.4. The molecule has 9 aromatic carbocycles. The molecule has 10 atom stereocenters. The molecule has 0 saturated carbocycles. The number of hydrogen-bond acceptors (Lipinski definition) is 13. The van der Waals surface area contributed by atoms with Crippen LogP contribution in [0.5, 0.6) is 5.75 Å². The summed E-state index contributed by atoms with van der Waals surface area (Å²) in [6.45, 7) is 2.34. The van der Waals surface area contributed by atoms with Crippen LogP contribution in [-0.4, -0.2) is 86.5 Å². The Morgan fingerprint density at radius 1 is 0.337 bits per heavy atom. The number of hydrogen-bond donors (Lipinski definition) is 0. The fourth-order valence-electron chi connectivity index (χ4n) is 11.0. The zero-order valence-electron chi connectivity index (χ0n) is 49.8. The van der Waals surface area contributed by atoms with Crippen molar-refractivity contribution < 1.29 is 56.9 Å². The second kappa shape index (κ2) is 33.8. The Morgan fingerprint density at radius 3 is 1.08 bits per heavy atom. The summed E-state index contributed by atoms with van der Waals surface area (Å²) in [5.41, 5.74) is 8.30. The lowest BCUT2D eigenvalue weighted by Crippen LogP contribution is -2.66. The van der Waals surface area contributed by atoms with Crippen molar-refractivity contribution in [1.29, 1.82) is 0 Å². The van der Waals surface area contributed by atoms with Crippen LogP contribution in [0.3, 0.4) is 0 Å². The molecule has 2 aliphatic heterocycles. The zero-order valence-corrected chi connectivity index (χ0v) is 50.6. The number of aldehydes is 1. The van der Waals surface area contributed by atoms with Crippen LogP contribution in [0.4, 0.5) is 0 Å². The van der Waals surface area contributed by atoms with Gasteiger partial charge in [-0.2, -0.15) is 0 Å². The first-order chi connectivity index (χ1) is 44.1. The van der Waals surface area contributed by atoms with Gasteiger partial charge in [0.25, 0.3) is 0 Å². The van der Waals surface area contributed by atoms with Crippen LogP contribution in [0.1, 0.15) is 54.9 Å². The van der Waals surface area contributed by atoms with Crippen LogP contribution in [0.15, 0.2) is 266 Å². The minimum Gasteiger partial charge on any atom is -0.488 e. The van der Waals surface area contributed by atoms with Crippen molar-refractivity contribution in [3.05, 3.63) is 311 Å².